The number of aromatic nitrogens is 4. The van der Waals surface area contributed by atoms with Gasteiger partial charge < -0.3 is 5.73 Å². The highest BCUT2D eigenvalue weighted by molar-refractivity contribution is 6.08. The van der Waals surface area contributed by atoms with E-state index in [1.165, 1.54) is 4.90 Å². The molecule has 2 fully saturated rings. The van der Waals surface area contributed by atoms with E-state index >= 15 is 0 Å². The lowest BCUT2D eigenvalue weighted by Gasteiger charge is -2.15. The number of fused-ring (bicyclic) bond motifs is 2. The lowest BCUT2D eigenvalue weighted by Crippen LogP contribution is -2.33. The van der Waals surface area contributed by atoms with Crippen molar-refractivity contribution in [2.45, 2.75) is 13.0 Å². The average molecular weight is 272 g/mol. The molecule has 2 aliphatic rings. The van der Waals surface area contributed by atoms with Gasteiger partial charge in [0, 0.05) is 7.05 Å². The third kappa shape index (κ3) is 1.38. The minimum atomic E-state index is -0.118. The molecule has 1 saturated carbocycles. The van der Waals surface area contributed by atoms with Crippen molar-refractivity contribution in [3.05, 3.63) is 12.0 Å². The number of piperidine rings is 1. The average Bonchev–Trinajstić information content (AvgIpc) is 3.08. The Morgan fingerprint density at radius 2 is 2.00 bits per heavy atom. The lowest BCUT2D eigenvalue weighted by atomic mass is 10.3. The van der Waals surface area contributed by atoms with Gasteiger partial charge in [-0.15, -0.1) is 0 Å². The molecule has 2 unspecified atom stereocenters. The fourth-order valence-corrected chi connectivity index (χ4v) is 2.71. The van der Waals surface area contributed by atoms with Crippen molar-refractivity contribution in [1.29, 1.82) is 0 Å². The van der Waals surface area contributed by atoms with Gasteiger partial charge in [-0.2, -0.15) is 5.10 Å². The Balaban J connectivity index is 1.71. The van der Waals surface area contributed by atoms with Crippen molar-refractivity contribution >= 4 is 28.7 Å². The summed E-state index contributed by atoms with van der Waals surface area (Å²) < 4.78 is 1.59. The van der Waals surface area contributed by atoms with Crippen LogP contribution in [0.3, 0.4) is 0 Å². The summed E-state index contributed by atoms with van der Waals surface area (Å²) >= 11 is 0. The van der Waals surface area contributed by atoms with Crippen LogP contribution in [0.5, 0.6) is 0 Å². The molecule has 20 heavy (non-hydrogen) atoms. The van der Waals surface area contributed by atoms with E-state index in [4.69, 9.17) is 5.73 Å². The fraction of sp³-hybridized carbons (Fsp3) is 0.417. The molecule has 1 aliphatic carbocycles. The topological polar surface area (TPSA) is 107 Å². The number of amides is 2. The zero-order valence-corrected chi connectivity index (χ0v) is 10.8. The molecule has 0 aromatic carbocycles. The molecule has 8 nitrogen and oxygen atoms in total. The molecule has 2 amide bonds. The van der Waals surface area contributed by atoms with Crippen LogP contribution in [0.15, 0.2) is 6.20 Å². The number of carbonyl (C=O) groups is 2. The van der Waals surface area contributed by atoms with Crippen molar-refractivity contribution in [2.75, 3.05) is 5.73 Å². The Morgan fingerprint density at radius 3 is 2.70 bits per heavy atom. The first-order chi connectivity index (χ1) is 9.56. The Hall–Kier alpha value is -2.51. The number of likely N-dealkylation sites (tertiary alicyclic amines) is 1. The van der Waals surface area contributed by atoms with Gasteiger partial charge in [0.15, 0.2) is 11.5 Å². The molecule has 8 heteroatoms. The fourth-order valence-electron chi connectivity index (χ4n) is 2.71. The maximum absolute atomic E-state index is 11.9. The van der Waals surface area contributed by atoms with Crippen LogP contribution in [0.4, 0.5) is 5.82 Å². The van der Waals surface area contributed by atoms with E-state index in [0.29, 0.717) is 29.1 Å². The highest BCUT2D eigenvalue weighted by atomic mass is 16.2. The van der Waals surface area contributed by atoms with Gasteiger partial charge in [0.25, 0.3) is 0 Å². The number of hydrogen-bond acceptors (Lipinski definition) is 6. The second-order valence-corrected chi connectivity index (χ2v) is 5.24. The molecule has 0 radical (unpaired) electrons. The van der Waals surface area contributed by atoms with E-state index in [-0.39, 0.29) is 30.2 Å². The van der Waals surface area contributed by atoms with Crippen molar-refractivity contribution in [3.63, 3.8) is 0 Å². The number of nitrogens with zero attached hydrogens (tertiary/aromatic N) is 5. The molecule has 1 aliphatic heterocycles. The summed E-state index contributed by atoms with van der Waals surface area (Å²) in [4.78, 5) is 33.6. The molecule has 102 valence electrons. The van der Waals surface area contributed by atoms with Crippen LogP contribution in [0.25, 0.3) is 11.0 Å². The number of hydrogen-bond donors (Lipinski definition) is 1. The van der Waals surface area contributed by atoms with Crippen LogP contribution in [0.2, 0.25) is 0 Å². The SMILES string of the molecule is Cn1ncc2c(N)nc(CN3C(=O)C4CC4C3=O)nc21. The summed E-state index contributed by atoms with van der Waals surface area (Å²) in [5.41, 5.74) is 6.45. The molecule has 1 saturated heterocycles. The van der Waals surface area contributed by atoms with E-state index in [1.807, 2.05) is 0 Å². The van der Waals surface area contributed by atoms with Gasteiger partial charge in [0.05, 0.1) is 30.0 Å². The molecule has 0 bridgehead atoms. The summed E-state index contributed by atoms with van der Waals surface area (Å²) in [5.74, 6) is 0.212. The van der Waals surface area contributed by atoms with Gasteiger partial charge >= 0.3 is 0 Å². The first-order valence-electron chi connectivity index (χ1n) is 6.35. The summed E-state index contributed by atoms with van der Waals surface area (Å²) in [6.45, 7) is 0.0794. The molecular formula is C12H12N6O2. The summed E-state index contributed by atoms with van der Waals surface area (Å²) in [6.07, 6.45) is 2.29. The van der Waals surface area contributed by atoms with Crippen molar-refractivity contribution in [2.24, 2.45) is 18.9 Å². The number of aryl methyl sites for hydroxylation is 1. The Morgan fingerprint density at radius 1 is 1.30 bits per heavy atom. The van der Waals surface area contributed by atoms with Crippen LogP contribution < -0.4 is 5.73 Å². The number of rotatable bonds is 2. The zero-order chi connectivity index (χ0) is 14.0. The lowest BCUT2D eigenvalue weighted by molar-refractivity contribution is -0.142. The Kier molecular flexibility index (Phi) is 2.00. The van der Waals surface area contributed by atoms with Crippen molar-refractivity contribution in [1.82, 2.24) is 24.6 Å². The molecule has 2 atom stereocenters. The first kappa shape index (κ1) is 11.3. The zero-order valence-electron chi connectivity index (χ0n) is 10.8. The highest BCUT2D eigenvalue weighted by Gasteiger charge is 2.58. The molecular weight excluding hydrogens is 260 g/mol. The van der Waals surface area contributed by atoms with Crippen LogP contribution in [0, 0.1) is 11.8 Å². The van der Waals surface area contributed by atoms with Crippen molar-refractivity contribution in [3.8, 4) is 0 Å². The second kappa shape index (κ2) is 3.53. The third-order valence-corrected chi connectivity index (χ3v) is 3.92. The quantitative estimate of drug-likeness (QED) is 0.735. The smallest absolute Gasteiger partial charge is 0.233 e. The van der Waals surface area contributed by atoms with Gasteiger partial charge in [-0.3, -0.25) is 19.2 Å². The minimum absolute atomic E-state index is 0.0794. The predicted molar refractivity (Wildman–Crippen MR) is 67.9 cm³/mol. The number of carbonyl (C=O) groups excluding carboxylic acids is 2. The van der Waals surface area contributed by atoms with Crippen LogP contribution in [-0.2, 0) is 23.2 Å². The number of nitrogen functional groups attached to an aromatic ring is 1. The molecule has 2 aromatic rings. The Bertz CT molecular complexity index is 747. The second-order valence-electron chi connectivity index (χ2n) is 5.24. The highest BCUT2D eigenvalue weighted by Crippen LogP contribution is 2.47. The predicted octanol–water partition coefficient (Wildman–Crippen LogP) is -0.550. The standard InChI is InChI=1S/C12H12N6O2/c1-17-10-7(3-14-17)9(13)15-8(16-10)4-18-11(19)5-2-6(5)12(18)20/h3,5-6H,2,4H2,1H3,(H2,13,15,16). The van der Waals surface area contributed by atoms with Crippen molar-refractivity contribution < 1.29 is 9.59 Å². The summed E-state index contributed by atoms with van der Waals surface area (Å²) in [5, 5.41) is 4.73. The largest absolute Gasteiger partial charge is 0.383 e. The van der Waals surface area contributed by atoms with Gasteiger partial charge in [-0.05, 0) is 6.42 Å². The van der Waals surface area contributed by atoms with Crippen LogP contribution in [0.1, 0.15) is 12.2 Å². The molecule has 3 heterocycles. The number of anilines is 1. The normalized spacial score (nSPS) is 24.6. The maximum atomic E-state index is 11.9. The van der Waals surface area contributed by atoms with E-state index in [2.05, 4.69) is 15.1 Å². The minimum Gasteiger partial charge on any atom is -0.383 e. The maximum Gasteiger partial charge on any atom is 0.233 e. The van der Waals surface area contributed by atoms with E-state index in [1.54, 1.807) is 17.9 Å². The Labute approximate surface area is 113 Å². The summed E-state index contributed by atoms with van der Waals surface area (Å²) in [7, 11) is 1.75. The number of nitrogens with two attached hydrogens (primary N) is 1. The van der Waals surface area contributed by atoms with Crippen LogP contribution in [-0.4, -0.2) is 36.5 Å². The van der Waals surface area contributed by atoms with Gasteiger partial charge in [0.2, 0.25) is 11.8 Å². The molecule has 2 aromatic heterocycles. The number of imide groups is 1. The summed E-state index contributed by atoms with van der Waals surface area (Å²) in [6, 6.07) is 0. The van der Waals surface area contributed by atoms with Crippen LogP contribution >= 0.6 is 0 Å². The third-order valence-electron chi connectivity index (χ3n) is 3.92. The first-order valence-corrected chi connectivity index (χ1v) is 6.35. The molecule has 0 spiro atoms. The van der Waals surface area contributed by atoms with Gasteiger partial charge in [-0.25, -0.2) is 9.97 Å². The van der Waals surface area contributed by atoms with Gasteiger partial charge in [0.1, 0.15) is 5.82 Å². The molecule has 2 N–H and O–H groups in total. The molecule has 4 rings (SSSR count). The van der Waals surface area contributed by atoms with E-state index in [9.17, 15) is 9.59 Å². The monoisotopic (exact) mass is 272 g/mol. The van der Waals surface area contributed by atoms with E-state index < -0.39 is 0 Å². The van der Waals surface area contributed by atoms with E-state index in [0.717, 1.165) is 0 Å². The van der Waals surface area contributed by atoms with Gasteiger partial charge in [-0.1, -0.05) is 0 Å².